The fourth-order valence-electron chi connectivity index (χ4n) is 3.62. The van der Waals surface area contributed by atoms with Crippen molar-refractivity contribution in [1.29, 1.82) is 5.26 Å². The van der Waals surface area contributed by atoms with Crippen molar-refractivity contribution in [3.8, 4) is 11.8 Å². The Kier molecular flexibility index (Phi) is 5.54. The lowest BCUT2D eigenvalue weighted by atomic mass is 10.1. The molecule has 0 bridgehead atoms. The summed E-state index contributed by atoms with van der Waals surface area (Å²) >= 11 is 0. The monoisotopic (exact) mass is 466 g/mol. The lowest BCUT2D eigenvalue weighted by Crippen LogP contribution is -2.31. The van der Waals surface area contributed by atoms with Gasteiger partial charge in [-0.05, 0) is 37.6 Å². The number of nitrogens with zero attached hydrogens (tertiary/aromatic N) is 6. The van der Waals surface area contributed by atoms with Crippen LogP contribution in [0, 0.1) is 35.7 Å². The van der Waals surface area contributed by atoms with Gasteiger partial charge >= 0.3 is 0 Å². The van der Waals surface area contributed by atoms with Crippen molar-refractivity contribution in [2.75, 3.05) is 22.9 Å². The van der Waals surface area contributed by atoms with Crippen LogP contribution in [0.5, 0.6) is 0 Å². The molecule has 2 aromatic heterocycles. The Balaban J connectivity index is 2.19. The van der Waals surface area contributed by atoms with Gasteiger partial charge in [0.1, 0.15) is 40.3 Å². The molecular formula is C22H17F3N8O. The van der Waals surface area contributed by atoms with Crippen molar-refractivity contribution in [2.45, 2.75) is 13.8 Å². The molecule has 0 unspecified atom stereocenters. The maximum absolute atomic E-state index is 14.7. The molecule has 0 saturated heterocycles. The maximum atomic E-state index is 14.7. The number of fused-ring (bicyclic) bond motifs is 1. The van der Waals surface area contributed by atoms with Gasteiger partial charge in [0, 0.05) is 12.6 Å². The smallest absolute Gasteiger partial charge is 0.270 e. The highest BCUT2D eigenvalue weighted by molar-refractivity contribution is 5.84. The number of benzene rings is 2. The van der Waals surface area contributed by atoms with Gasteiger partial charge in [0.05, 0.1) is 11.2 Å². The summed E-state index contributed by atoms with van der Waals surface area (Å²) in [6.07, 6.45) is 0. The third-order valence-corrected chi connectivity index (χ3v) is 5.12. The van der Waals surface area contributed by atoms with Gasteiger partial charge in [-0.2, -0.15) is 15.2 Å². The Bertz CT molecular complexity index is 1540. The Morgan fingerprint density at radius 1 is 1.09 bits per heavy atom. The third-order valence-electron chi connectivity index (χ3n) is 5.12. The second-order valence-corrected chi connectivity index (χ2v) is 7.29. The maximum Gasteiger partial charge on any atom is 0.270 e. The molecule has 34 heavy (non-hydrogen) atoms. The van der Waals surface area contributed by atoms with E-state index < -0.39 is 23.0 Å². The Hall–Kier alpha value is -4.66. The molecule has 0 amide bonds. The lowest BCUT2D eigenvalue weighted by molar-refractivity contribution is 0.581. The Morgan fingerprint density at radius 3 is 2.38 bits per heavy atom. The highest BCUT2D eigenvalue weighted by atomic mass is 19.1. The van der Waals surface area contributed by atoms with E-state index in [2.05, 4.69) is 15.0 Å². The molecular weight excluding hydrogens is 449 g/mol. The molecule has 0 fully saturated rings. The summed E-state index contributed by atoms with van der Waals surface area (Å²) in [5, 5.41) is 9.26. The van der Waals surface area contributed by atoms with Crippen molar-refractivity contribution >= 4 is 34.4 Å². The number of anilines is 4. The van der Waals surface area contributed by atoms with E-state index in [9.17, 15) is 23.2 Å². The number of halogens is 3. The Labute approximate surface area is 190 Å². The van der Waals surface area contributed by atoms with Crippen LogP contribution in [0.2, 0.25) is 0 Å². The predicted octanol–water partition coefficient (Wildman–Crippen LogP) is 3.10. The molecule has 9 nitrogen and oxygen atoms in total. The van der Waals surface area contributed by atoms with E-state index in [0.717, 1.165) is 22.8 Å². The number of rotatable bonds is 4. The molecule has 0 atom stereocenters. The quantitative estimate of drug-likeness (QED) is 0.468. The summed E-state index contributed by atoms with van der Waals surface area (Å²) in [4.78, 5) is 27.2. The van der Waals surface area contributed by atoms with Gasteiger partial charge in [-0.3, -0.25) is 9.69 Å². The third kappa shape index (κ3) is 3.62. The van der Waals surface area contributed by atoms with Crippen LogP contribution in [0.4, 0.5) is 36.7 Å². The van der Waals surface area contributed by atoms with Crippen LogP contribution in [0.1, 0.15) is 18.1 Å². The number of aryl methyl sites for hydroxylation is 1. The van der Waals surface area contributed by atoms with Gasteiger partial charge < -0.3 is 11.5 Å². The molecule has 0 spiro atoms. The molecule has 0 radical (unpaired) electrons. The van der Waals surface area contributed by atoms with E-state index in [1.54, 1.807) is 13.8 Å². The second-order valence-electron chi connectivity index (χ2n) is 7.29. The van der Waals surface area contributed by atoms with E-state index in [4.69, 9.17) is 11.5 Å². The average molecular weight is 466 g/mol. The van der Waals surface area contributed by atoms with Crippen molar-refractivity contribution in [3.63, 3.8) is 0 Å². The normalized spacial score (nSPS) is 10.9. The van der Waals surface area contributed by atoms with Crippen LogP contribution in [-0.2, 0) is 0 Å². The molecule has 4 aromatic rings. The molecule has 172 valence electrons. The molecule has 2 aromatic carbocycles. The number of nitrogen functional groups attached to an aromatic ring is 2. The van der Waals surface area contributed by atoms with Gasteiger partial charge in [-0.25, -0.2) is 22.7 Å². The van der Waals surface area contributed by atoms with Crippen LogP contribution in [0.15, 0.2) is 35.1 Å². The SMILES string of the molecule is CCN(c1nc(N)nc(N)c1C#N)c1nc2c(C)ccc(F)c2c(=O)n1-c1cc(F)cc(F)c1. The van der Waals surface area contributed by atoms with Crippen LogP contribution >= 0.6 is 0 Å². The van der Waals surface area contributed by atoms with Crippen molar-refractivity contribution < 1.29 is 13.2 Å². The standard InChI is InChI=1S/C22H17F3N8O/c1-3-32(19-14(9-26)18(27)30-21(28)31-19)22-29-17-10(2)4-5-15(25)16(17)20(34)33(22)13-7-11(23)6-12(24)8-13/h4-8H,3H2,1-2H3,(H4,27,28,30,31). The van der Waals surface area contributed by atoms with Gasteiger partial charge in [0.25, 0.3) is 5.56 Å². The van der Waals surface area contributed by atoms with Gasteiger partial charge in [0.2, 0.25) is 11.9 Å². The van der Waals surface area contributed by atoms with E-state index in [1.165, 1.54) is 11.0 Å². The lowest BCUT2D eigenvalue weighted by Gasteiger charge is -2.26. The zero-order valence-corrected chi connectivity index (χ0v) is 18.0. The van der Waals surface area contributed by atoms with E-state index in [1.807, 2.05) is 6.07 Å². The van der Waals surface area contributed by atoms with E-state index in [-0.39, 0.29) is 52.2 Å². The molecule has 0 aliphatic heterocycles. The van der Waals surface area contributed by atoms with Crippen LogP contribution in [0.25, 0.3) is 16.6 Å². The van der Waals surface area contributed by atoms with E-state index >= 15 is 0 Å². The summed E-state index contributed by atoms with van der Waals surface area (Å²) in [6.45, 7) is 3.34. The summed E-state index contributed by atoms with van der Waals surface area (Å²) in [5.74, 6) is -3.51. The number of aromatic nitrogens is 4. The topological polar surface area (TPSA) is 140 Å². The average Bonchev–Trinajstić information content (AvgIpc) is 2.76. The predicted molar refractivity (Wildman–Crippen MR) is 120 cm³/mol. The Morgan fingerprint density at radius 2 is 1.76 bits per heavy atom. The van der Waals surface area contributed by atoms with Gasteiger partial charge in [-0.15, -0.1) is 0 Å². The highest BCUT2D eigenvalue weighted by Crippen LogP contribution is 2.31. The van der Waals surface area contributed by atoms with Gasteiger partial charge in [0.15, 0.2) is 5.82 Å². The van der Waals surface area contributed by atoms with Crippen molar-refractivity contribution in [3.05, 3.63) is 69.3 Å². The van der Waals surface area contributed by atoms with Crippen LogP contribution < -0.4 is 21.9 Å². The number of hydrogen-bond acceptors (Lipinski definition) is 8. The minimum Gasteiger partial charge on any atom is -0.382 e. The molecule has 4 N–H and O–H groups in total. The zero-order chi connectivity index (χ0) is 24.7. The van der Waals surface area contributed by atoms with Gasteiger partial charge in [-0.1, -0.05) is 6.07 Å². The van der Waals surface area contributed by atoms with Crippen molar-refractivity contribution in [1.82, 2.24) is 19.5 Å². The minimum atomic E-state index is -0.964. The molecule has 4 rings (SSSR count). The fraction of sp³-hybridized carbons (Fsp3) is 0.136. The first-order valence-electron chi connectivity index (χ1n) is 9.95. The molecule has 0 aliphatic rings. The number of nitrogens with two attached hydrogens (primary N) is 2. The number of nitriles is 1. The van der Waals surface area contributed by atoms with Crippen molar-refractivity contribution in [2.24, 2.45) is 0 Å². The summed E-state index contributed by atoms with van der Waals surface area (Å²) < 4.78 is 43.8. The van der Waals surface area contributed by atoms with Crippen LogP contribution in [0.3, 0.4) is 0 Å². The fourth-order valence-corrected chi connectivity index (χ4v) is 3.62. The summed E-state index contributed by atoms with van der Waals surface area (Å²) in [6, 6.07) is 6.86. The molecule has 2 heterocycles. The van der Waals surface area contributed by atoms with E-state index in [0.29, 0.717) is 11.6 Å². The first-order valence-corrected chi connectivity index (χ1v) is 9.95. The van der Waals surface area contributed by atoms with Crippen LogP contribution in [-0.4, -0.2) is 26.1 Å². The molecule has 12 heteroatoms. The minimum absolute atomic E-state index is 0.0279. The summed E-state index contributed by atoms with van der Waals surface area (Å²) in [5.41, 5.74) is 10.8. The first-order chi connectivity index (χ1) is 16.2. The zero-order valence-electron chi connectivity index (χ0n) is 18.0. The largest absolute Gasteiger partial charge is 0.382 e. The highest BCUT2D eigenvalue weighted by Gasteiger charge is 2.26. The summed E-state index contributed by atoms with van der Waals surface area (Å²) in [7, 11) is 0. The molecule has 0 aliphatic carbocycles. The molecule has 0 saturated carbocycles. The number of hydrogen-bond donors (Lipinski definition) is 2. The first kappa shape index (κ1) is 22.5. The second kappa shape index (κ2) is 8.36.